The number of nitrogens with zero attached hydrogens (tertiary/aromatic N) is 4. The molecule has 2 atom stereocenters. The number of carbonyl (C=O) groups is 1. The summed E-state index contributed by atoms with van der Waals surface area (Å²) < 4.78 is 12.7. The van der Waals surface area contributed by atoms with E-state index in [-0.39, 0.29) is 17.2 Å². The Morgan fingerprint density at radius 3 is 3.12 bits per heavy atom. The molecule has 3 heterocycles. The molecule has 1 aromatic heterocycles. The Hall–Kier alpha value is -1.51. The fraction of sp³-hybridized carbons (Fsp3) is 0.824. The van der Waals surface area contributed by atoms with Gasteiger partial charge in [0.2, 0.25) is 5.91 Å². The number of hydrogen-bond donors (Lipinski definition) is 1. The van der Waals surface area contributed by atoms with Gasteiger partial charge in [0.05, 0.1) is 30.0 Å². The highest BCUT2D eigenvalue weighted by molar-refractivity contribution is 5.83. The summed E-state index contributed by atoms with van der Waals surface area (Å²) >= 11 is 0. The van der Waals surface area contributed by atoms with Crippen molar-refractivity contribution in [3.05, 3.63) is 11.4 Å². The molecule has 2 unspecified atom stereocenters. The van der Waals surface area contributed by atoms with Crippen LogP contribution < -0.4 is 5.32 Å². The quantitative estimate of drug-likeness (QED) is 0.707. The first-order valence-corrected chi connectivity index (χ1v) is 9.07. The molecule has 0 bridgehead atoms. The molecule has 0 radical (unpaired) electrons. The van der Waals surface area contributed by atoms with Crippen LogP contribution in [0.3, 0.4) is 0 Å². The third-order valence-corrected chi connectivity index (χ3v) is 5.53. The van der Waals surface area contributed by atoms with Gasteiger partial charge in [0.25, 0.3) is 0 Å². The van der Waals surface area contributed by atoms with Crippen molar-refractivity contribution in [1.82, 2.24) is 25.2 Å². The smallest absolute Gasteiger partial charge is 0.228 e. The second-order valence-corrected chi connectivity index (χ2v) is 7.03. The maximum absolute atomic E-state index is 12.9. The number of aryl methyl sites for hydroxylation is 2. The van der Waals surface area contributed by atoms with Gasteiger partial charge >= 0.3 is 0 Å². The van der Waals surface area contributed by atoms with Crippen LogP contribution in [-0.2, 0) is 27.4 Å². The highest BCUT2D eigenvalue weighted by Gasteiger charge is 2.53. The molecule has 1 amide bonds. The van der Waals surface area contributed by atoms with E-state index in [4.69, 9.17) is 9.47 Å². The van der Waals surface area contributed by atoms with E-state index in [1.165, 1.54) is 0 Å². The summed E-state index contributed by atoms with van der Waals surface area (Å²) in [5.41, 5.74) is 1.74. The average molecular weight is 351 g/mol. The molecule has 2 aliphatic rings. The standard InChI is InChI=1S/C17H29N5O3/c1-4-22-15(13(2)19-20-22)10-21-9-14-11-25-7-5-17(14,12-21)16(23)18-6-8-24-3/h14H,4-12H2,1-3H3,(H,18,23). The lowest BCUT2D eigenvalue weighted by atomic mass is 9.73. The van der Waals surface area contributed by atoms with Crippen molar-refractivity contribution in [1.29, 1.82) is 0 Å². The number of rotatable bonds is 7. The molecule has 0 aliphatic carbocycles. The zero-order chi connectivity index (χ0) is 17.9. The van der Waals surface area contributed by atoms with Crippen LogP contribution in [0.1, 0.15) is 24.7 Å². The molecule has 1 aromatic rings. The molecule has 25 heavy (non-hydrogen) atoms. The van der Waals surface area contributed by atoms with E-state index >= 15 is 0 Å². The third-order valence-electron chi connectivity index (χ3n) is 5.53. The number of aromatic nitrogens is 3. The van der Waals surface area contributed by atoms with Gasteiger partial charge in [0, 0.05) is 52.4 Å². The summed E-state index contributed by atoms with van der Waals surface area (Å²) in [5, 5.41) is 11.4. The van der Waals surface area contributed by atoms with Crippen molar-refractivity contribution in [3.63, 3.8) is 0 Å². The Balaban J connectivity index is 1.73. The van der Waals surface area contributed by atoms with E-state index in [0.717, 1.165) is 44.0 Å². The van der Waals surface area contributed by atoms with E-state index in [0.29, 0.717) is 26.4 Å². The first-order valence-electron chi connectivity index (χ1n) is 9.07. The van der Waals surface area contributed by atoms with Gasteiger partial charge in [-0.05, 0) is 20.3 Å². The van der Waals surface area contributed by atoms with Crippen molar-refractivity contribution in [3.8, 4) is 0 Å². The van der Waals surface area contributed by atoms with Crippen LogP contribution in [0, 0.1) is 18.3 Å². The van der Waals surface area contributed by atoms with Crippen LogP contribution >= 0.6 is 0 Å². The molecule has 2 saturated heterocycles. The zero-order valence-corrected chi connectivity index (χ0v) is 15.5. The minimum Gasteiger partial charge on any atom is -0.383 e. The molecule has 3 rings (SSSR count). The SMILES string of the molecule is CCn1nnc(C)c1CN1CC2COCCC2(C(=O)NCCOC)C1. The lowest BCUT2D eigenvalue weighted by molar-refractivity contribution is -0.139. The average Bonchev–Trinajstić information content (AvgIpc) is 3.16. The van der Waals surface area contributed by atoms with Gasteiger partial charge < -0.3 is 14.8 Å². The first-order chi connectivity index (χ1) is 12.1. The number of amides is 1. The Morgan fingerprint density at radius 1 is 1.52 bits per heavy atom. The summed E-state index contributed by atoms with van der Waals surface area (Å²) in [6, 6.07) is 0. The van der Waals surface area contributed by atoms with E-state index in [9.17, 15) is 4.79 Å². The second-order valence-electron chi connectivity index (χ2n) is 7.03. The lowest BCUT2D eigenvalue weighted by Gasteiger charge is -2.37. The van der Waals surface area contributed by atoms with Crippen molar-refractivity contribution < 1.29 is 14.3 Å². The Bertz CT molecular complexity index is 605. The summed E-state index contributed by atoms with van der Waals surface area (Å²) in [5.74, 6) is 0.370. The van der Waals surface area contributed by atoms with Gasteiger partial charge in [0.1, 0.15) is 0 Å². The number of ether oxygens (including phenoxy) is 2. The highest BCUT2D eigenvalue weighted by atomic mass is 16.5. The van der Waals surface area contributed by atoms with Crippen LogP contribution in [0.4, 0.5) is 0 Å². The molecule has 140 valence electrons. The van der Waals surface area contributed by atoms with Crippen molar-refractivity contribution in [2.45, 2.75) is 33.4 Å². The number of carbonyl (C=O) groups excluding carboxylic acids is 1. The fourth-order valence-electron chi connectivity index (χ4n) is 4.07. The van der Waals surface area contributed by atoms with Crippen LogP contribution in [0.25, 0.3) is 0 Å². The molecule has 0 aromatic carbocycles. The number of likely N-dealkylation sites (tertiary alicyclic amines) is 1. The topological polar surface area (TPSA) is 81.5 Å². The Kier molecular flexibility index (Phi) is 5.71. The normalized spacial score (nSPS) is 26.6. The second kappa shape index (κ2) is 7.80. The first kappa shape index (κ1) is 18.3. The molecular weight excluding hydrogens is 322 g/mol. The van der Waals surface area contributed by atoms with Gasteiger partial charge in [-0.1, -0.05) is 5.21 Å². The van der Waals surface area contributed by atoms with E-state index in [1.807, 2.05) is 11.6 Å². The maximum atomic E-state index is 12.9. The predicted octanol–water partition coefficient (Wildman–Crippen LogP) is 0.208. The minimum absolute atomic E-state index is 0.138. The predicted molar refractivity (Wildman–Crippen MR) is 92.0 cm³/mol. The van der Waals surface area contributed by atoms with E-state index in [1.54, 1.807) is 7.11 Å². The fourth-order valence-corrected chi connectivity index (χ4v) is 4.07. The van der Waals surface area contributed by atoms with Gasteiger partial charge in [-0.15, -0.1) is 5.10 Å². The number of methoxy groups -OCH3 is 1. The van der Waals surface area contributed by atoms with Crippen LogP contribution in [0.5, 0.6) is 0 Å². The molecule has 8 heteroatoms. The summed E-state index contributed by atoms with van der Waals surface area (Å²) in [6.45, 7) is 9.65. The third kappa shape index (κ3) is 3.56. The molecule has 0 spiro atoms. The van der Waals surface area contributed by atoms with E-state index < -0.39 is 0 Å². The number of hydrogen-bond acceptors (Lipinski definition) is 6. The van der Waals surface area contributed by atoms with Crippen LogP contribution in [0.2, 0.25) is 0 Å². The highest BCUT2D eigenvalue weighted by Crippen LogP contribution is 2.43. The van der Waals surface area contributed by atoms with Gasteiger partial charge in [-0.25, -0.2) is 4.68 Å². The Labute approximate surface area is 148 Å². The molecule has 8 nitrogen and oxygen atoms in total. The van der Waals surface area contributed by atoms with Gasteiger partial charge in [-0.2, -0.15) is 0 Å². The molecule has 2 fully saturated rings. The summed E-state index contributed by atoms with van der Waals surface area (Å²) in [6.07, 6.45) is 0.775. The molecule has 1 N–H and O–H groups in total. The summed E-state index contributed by atoms with van der Waals surface area (Å²) in [4.78, 5) is 15.3. The molecule has 2 aliphatic heterocycles. The van der Waals surface area contributed by atoms with Crippen molar-refractivity contribution >= 4 is 5.91 Å². The maximum Gasteiger partial charge on any atom is 0.228 e. The molecular formula is C17H29N5O3. The van der Waals surface area contributed by atoms with E-state index in [2.05, 4.69) is 27.5 Å². The number of nitrogens with one attached hydrogen (secondary N) is 1. The molecule has 0 saturated carbocycles. The minimum atomic E-state index is -0.357. The van der Waals surface area contributed by atoms with Gasteiger partial charge in [0.15, 0.2) is 0 Å². The lowest BCUT2D eigenvalue weighted by Crippen LogP contribution is -2.51. The Morgan fingerprint density at radius 2 is 2.36 bits per heavy atom. The van der Waals surface area contributed by atoms with Crippen molar-refractivity contribution in [2.75, 3.05) is 46.6 Å². The van der Waals surface area contributed by atoms with Gasteiger partial charge in [-0.3, -0.25) is 9.69 Å². The number of fused-ring (bicyclic) bond motifs is 1. The van der Waals surface area contributed by atoms with Crippen molar-refractivity contribution in [2.24, 2.45) is 11.3 Å². The van der Waals surface area contributed by atoms with Crippen LogP contribution in [-0.4, -0.2) is 72.4 Å². The monoisotopic (exact) mass is 351 g/mol. The van der Waals surface area contributed by atoms with Crippen LogP contribution in [0.15, 0.2) is 0 Å². The zero-order valence-electron chi connectivity index (χ0n) is 15.5. The summed E-state index contributed by atoms with van der Waals surface area (Å²) in [7, 11) is 1.65. The largest absolute Gasteiger partial charge is 0.383 e.